The molecule has 0 aliphatic heterocycles. The van der Waals surface area contributed by atoms with Crippen LogP contribution in [0.15, 0.2) is 30.3 Å². The monoisotopic (exact) mass is 264 g/mol. The molecule has 0 saturated heterocycles. The Morgan fingerprint density at radius 1 is 1.15 bits per heavy atom. The number of nitrogens with zero attached hydrogens (tertiary/aromatic N) is 3. The van der Waals surface area contributed by atoms with E-state index in [0.717, 1.165) is 5.69 Å². The zero-order valence-corrected chi connectivity index (χ0v) is 10.9. The standard InChI is InChI=1S/C15H12N4O/c1-10-2-5-15(20)14(19-10)9-18-13-4-3-11(7-16)12(6-13)8-17/h2-6,18,20H,9H2,1H3. The van der Waals surface area contributed by atoms with Gasteiger partial charge in [0.2, 0.25) is 0 Å². The Balaban J connectivity index is 2.18. The summed E-state index contributed by atoms with van der Waals surface area (Å²) in [4.78, 5) is 4.23. The quantitative estimate of drug-likeness (QED) is 0.888. The molecular formula is C15H12N4O. The second-order valence-corrected chi connectivity index (χ2v) is 4.26. The number of aryl methyl sites for hydroxylation is 1. The van der Waals surface area contributed by atoms with Crippen LogP contribution in [0.25, 0.3) is 0 Å². The van der Waals surface area contributed by atoms with Crippen molar-refractivity contribution in [1.29, 1.82) is 10.5 Å². The fourth-order valence-electron chi connectivity index (χ4n) is 1.76. The molecule has 0 aliphatic carbocycles. The van der Waals surface area contributed by atoms with Gasteiger partial charge in [-0.3, -0.25) is 4.98 Å². The molecule has 5 nitrogen and oxygen atoms in total. The van der Waals surface area contributed by atoms with Crippen molar-refractivity contribution >= 4 is 5.69 Å². The van der Waals surface area contributed by atoms with Crippen LogP contribution in [0.2, 0.25) is 0 Å². The van der Waals surface area contributed by atoms with E-state index in [2.05, 4.69) is 10.3 Å². The molecule has 20 heavy (non-hydrogen) atoms. The fourth-order valence-corrected chi connectivity index (χ4v) is 1.76. The van der Waals surface area contributed by atoms with Crippen LogP contribution >= 0.6 is 0 Å². The van der Waals surface area contributed by atoms with Gasteiger partial charge in [0, 0.05) is 11.4 Å². The molecule has 1 aromatic heterocycles. The van der Waals surface area contributed by atoms with E-state index in [4.69, 9.17) is 10.5 Å². The highest BCUT2D eigenvalue weighted by molar-refractivity contribution is 5.56. The summed E-state index contributed by atoms with van der Waals surface area (Å²) in [7, 11) is 0. The van der Waals surface area contributed by atoms with Crippen LogP contribution in [0, 0.1) is 29.6 Å². The Morgan fingerprint density at radius 2 is 1.90 bits per heavy atom. The molecule has 0 radical (unpaired) electrons. The van der Waals surface area contributed by atoms with Crippen molar-refractivity contribution in [1.82, 2.24) is 4.98 Å². The number of aromatic hydroxyl groups is 1. The van der Waals surface area contributed by atoms with Crippen LogP contribution in [0.5, 0.6) is 5.75 Å². The van der Waals surface area contributed by atoms with Gasteiger partial charge in [-0.05, 0) is 37.3 Å². The zero-order chi connectivity index (χ0) is 14.5. The van der Waals surface area contributed by atoms with Crippen molar-refractivity contribution in [2.24, 2.45) is 0 Å². The van der Waals surface area contributed by atoms with Crippen molar-refractivity contribution in [2.45, 2.75) is 13.5 Å². The first-order chi connectivity index (χ1) is 9.63. The van der Waals surface area contributed by atoms with E-state index in [-0.39, 0.29) is 5.75 Å². The number of anilines is 1. The summed E-state index contributed by atoms with van der Waals surface area (Å²) in [5.74, 6) is 0.122. The minimum atomic E-state index is 0.122. The molecular weight excluding hydrogens is 252 g/mol. The first-order valence-corrected chi connectivity index (χ1v) is 5.97. The van der Waals surface area contributed by atoms with E-state index >= 15 is 0 Å². The molecule has 98 valence electrons. The summed E-state index contributed by atoms with van der Waals surface area (Å²) < 4.78 is 0. The number of nitrogens with one attached hydrogen (secondary N) is 1. The number of nitriles is 2. The normalized spacial score (nSPS) is 9.55. The second kappa shape index (κ2) is 5.73. The van der Waals surface area contributed by atoms with Crippen molar-refractivity contribution in [3.8, 4) is 17.9 Å². The summed E-state index contributed by atoms with van der Waals surface area (Å²) in [6.07, 6.45) is 0. The van der Waals surface area contributed by atoms with Gasteiger partial charge in [0.25, 0.3) is 0 Å². The predicted molar refractivity (Wildman–Crippen MR) is 73.8 cm³/mol. The molecule has 0 amide bonds. The molecule has 0 saturated carbocycles. The molecule has 0 fully saturated rings. The predicted octanol–water partition coefficient (Wildman–Crippen LogP) is 2.45. The first-order valence-electron chi connectivity index (χ1n) is 5.97. The van der Waals surface area contributed by atoms with E-state index in [0.29, 0.717) is 29.1 Å². The summed E-state index contributed by atoms with van der Waals surface area (Å²) in [5.41, 5.74) is 2.71. The van der Waals surface area contributed by atoms with Crippen molar-refractivity contribution in [2.75, 3.05) is 5.32 Å². The maximum absolute atomic E-state index is 9.70. The van der Waals surface area contributed by atoms with Crippen LogP contribution in [0.1, 0.15) is 22.5 Å². The Kier molecular flexibility index (Phi) is 3.83. The van der Waals surface area contributed by atoms with Crippen molar-refractivity contribution in [3.05, 3.63) is 52.8 Å². The van der Waals surface area contributed by atoms with E-state index in [1.165, 1.54) is 0 Å². The zero-order valence-electron chi connectivity index (χ0n) is 10.9. The summed E-state index contributed by atoms with van der Waals surface area (Å²) in [6.45, 7) is 2.18. The van der Waals surface area contributed by atoms with Crippen molar-refractivity contribution in [3.63, 3.8) is 0 Å². The lowest BCUT2D eigenvalue weighted by Gasteiger charge is -2.08. The summed E-state index contributed by atoms with van der Waals surface area (Å²) in [5, 5.41) is 30.6. The van der Waals surface area contributed by atoms with E-state index in [1.807, 2.05) is 19.1 Å². The summed E-state index contributed by atoms with van der Waals surface area (Å²) in [6, 6.07) is 12.2. The third-order valence-corrected chi connectivity index (χ3v) is 2.81. The molecule has 0 unspecified atom stereocenters. The molecule has 0 aliphatic rings. The highest BCUT2D eigenvalue weighted by atomic mass is 16.3. The molecule has 2 N–H and O–H groups in total. The molecule has 1 heterocycles. The van der Waals surface area contributed by atoms with Gasteiger partial charge in [0.15, 0.2) is 0 Å². The van der Waals surface area contributed by atoms with Gasteiger partial charge < -0.3 is 10.4 Å². The molecule has 0 atom stereocenters. The fraction of sp³-hybridized carbons (Fsp3) is 0.133. The lowest BCUT2D eigenvalue weighted by atomic mass is 10.1. The largest absolute Gasteiger partial charge is 0.506 e. The summed E-state index contributed by atoms with van der Waals surface area (Å²) >= 11 is 0. The number of hydrogen-bond donors (Lipinski definition) is 2. The smallest absolute Gasteiger partial charge is 0.138 e. The van der Waals surface area contributed by atoms with Gasteiger partial charge in [-0.1, -0.05) is 0 Å². The number of pyridine rings is 1. The van der Waals surface area contributed by atoms with E-state index < -0.39 is 0 Å². The maximum atomic E-state index is 9.70. The van der Waals surface area contributed by atoms with E-state index in [1.54, 1.807) is 30.3 Å². The van der Waals surface area contributed by atoms with Gasteiger partial charge in [0.05, 0.1) is 17.7 Å². The van der Waals surface area contributed by atoms with Crippen molar-refractivity contribution < 1.29 is 5.11 Å². The first kappa shape index (κ1) is 13.4. The molecule has 1 aromatic carbocycles. The average molecular weight is 264 g/mol. The Hall–Kier alpha value is -3.05. The van der Waals surface area contributed by atoms with Gasteiger partial charge in [-0.2, -0.15) is 10.5 Å². The Morgan fingerprint density at radius 3 is 2.60 bits per heavy atom. The molecule has 2 rings (SSSR count). The van der Waals surface area contributed by atoms with Crippen LogP contribution in [0.4, 0.5) is 5.69 Å². The van der Waals surface area contributed by atoms with Crippen LogP contribution in [0.3, 0.4) is 0 Å². The van der Waals surface area contributed by atoms with Gasteiger partial charge in [0.1, 0.15) is 23.6 Å². The highest BCUT2D eigenvalue weighted by Gasteiger charge is 2.05. The molecule has 2 aromatic rings. The number of benzene rings is 1. The molecule has 0 bridgehead atoms. The minimum absolute atomic E-state index is 0.122. The third kappa shape index (κ3) is 2.85. The molecule has 5 heteroatoms. The Labute approximate surface area is 116 Å². The average Bonchev–Trinajstić information content (AvgIpc) is 2.47. The lowest BCUT2D eigenvalue weighted by Crippen LogP contribution is -2.03. The SMILES string of the molecule is Cc1ccc(O)c(CNc2ccc(C#N)c(C#N)c2)n1. The van der Waals surface area contributed by atoms with E-state index in [9.17, 15) is 5.11 Å². The highest BCUT2D eigenvalue weighted by Crippen LogP contribution is 2.18. The maximum Gasteiger partial charge on any atom is 0.138 e. The number of rotatable bonds is 3. The minimum Gasteiger partial charge on any atom is -0.506 e. The second-order valence-electron chi connectivity index (χ2n) is 4.26. The molecule has 0 spiro atoms. The third-order valence-electron chi connectivity index (χ3n) is 2.81. The lowest BCUT2D eigenvalue weighted by molar-refractivity contribution is 0.464. The van der Waals surface area contributed by atoms with Gasteiger partial charge >= 0.3 is 0 Å². The Bertz CT molecular complexity index is 726. The van der Waals surface area contributed by atoms with Gasteiger partial charge in [-0.25, -0.2) is 0 Å². The van der Waals surface area contributed by atoms with Gasteiger partial charge in [-0.15, -0.1) is 0 Å². The number of aromatic nitrogens is 1. The van der Waals surface area contributed by atoms with Crippen LogP contribution in [-0.4, -0.2) is 10.1 Å². The number of hydrogen-bond acceptors (Lipinski definition) is 5. The van der Waals surface area contributed by atoms with Crippen LogP contribution < -0.4 is 5.32 Å². The topological polar surface area (TPSA) is 92.7 Å². The van der Waals surface area contributed by atoms with Crippen LogP contribution in [-0.2, 0) is 6.54 Å².